The molecule has 0 unspecified atom stereocenters. The summed E-state index contributed by atoms with van der Waals surface area (Å²) in [5.41, 5.74) is 1.74. The zero-order valence-electron chi connectivity index (χ0n) is 13.4. The Hall–Kier alpha value is -3.05. The predicted octanol–water partition coefficient (Wildman–Crippen LogP) is 3.35. The third kappa shape index (κ3) is 5.22. The van der Waals surface area contributed by atoms with Crippen molar-refractivity contribution < 1.29 is 14.5 Å². The van der Waals surface area contributed by atoms with E-state index in [1.54, 1.807) is 18.2 Å². The van der Waals surface area contributed by atoms with Crippen molar-refractivity contribution in [2.45, 2.75) is 5.75 Å². The normalized spacial score (nSPS) is 9.92. The minimum Gasteiger partial charge on any atom is -0.490 e. The van der Waals surface area contributed by atoms with E-state index in [4.69, 9.17) is 10.00 Å². The predicted molar refractivity (Wildman–Crippen MR) is 95.6 cm³/mol. The molecule has 8 heteroatoms. The Bertz CT molecular complexity index is 816. The Kier molecular flexibility index (Phi) is 6.37. The molecule has 2 rings (SSSR count). The van der Waals surface area contributed by atoms with Gasteiger partial charge in [-0.15, -0.1) is 11.8 Å². The Labute approximate surface area is 148 Å². The fourth-order valence-corrected chi connectivity index (χ4v) is 2.83. The van der Waals surface area contributed by atoms with Crippen molar-refractivity contribution >= 4 is 29.0 Å². The van der Waals surface area contributed by atoms with E-state index < -0.39 is 4.92 Å². The third-order valence-corrected chi connectivity index (χ3v) is 4.25. The number of nitro benzene ring substituents is 1. The summed E-state index contributed by atoms with van der Waals surface area (Å²) in [5.74, 6) is 0.720. The van der Waals surface area contributed by atoms with Crippen molar-refractivity contribution in [3.8, 4) is 11.8 Å². The molecular weight excluding hydrogens is 342 g/mol. The fraction of sp³-hybridized carbons (Fsp3) is 0.176. The highest BCUT2D eigenvalue weighted by atomic mass is 32.2. The highest BCUT2D eigenvalue weighted by Gasteiger charge is 2.16. The van der Waals surface area contributed by atoms with Gasteiger partial charge < -0.3 is 10.1 Å². The quantitative estimate of drug-likeness (QED) is 0.602. The number of carbonyl (C=O) groups excluding carboxylic acids is 1. The van der Waals surface area contributed by atoms with E-state index in [-0.39, 0.29) is 23.1 Å². The van der Waals surface area contributed by atoms with E-state index >= 15 is 0 Å². The Morgan fingerprint density at radius 2 is 2.04 bits per heavy atom. The van der Waals surface area contributed by atoms with Crippen molar-refractivity contribution in [1.29, 1.82) is 5.26 Å². The Morgan fingerprint density at radius 1 is 1.32 bits per heavy atom. The van der Waals surface area contributed by atoms with Crippen LogP contribution in [0.25, 0.3) is 0 Å². The van der Waals surface area contributed by atoms with Crippen LogP contribution in [0.3, 0.4) is 0 Å². The minimum atomic E-state index is -0.561. The number of thioether (sulfide) groups is 1. The lowest BCUT2D eigenvalue weighted by molar-refractivity contribution is -0.385. The van der Waals surface area contributed by atoms with Gasteiger partial charge in [0.2, 0.25) is 5.91 Å². The maximum Gasteiger partial charge on any atom is 0.312 e. The number of nitro groups is 1. The first-order valence-corrected chi connectivity index (χ1v) is 8.38. The monoisotopic (exact) mass is 357 g/mol. The number of benzene rings is 2. The second kappa shape index (κ2) is 8.70. The van der Waals surface area contributed by atoms with Crippen LogP contribution in [0.5, 0.6) is 5.75 Å². The smallest absolute Gasteiger partial charge is 0.312 e. The Balaban J connectivity index is 1.88. The standard InChI is InChI=1S/C17H15N3O4S/c1-24-16-7-6-14(8-15(16)20(22)23)19-17(21)11-25-10-13-4-2-12(9-18)3-5-13/h2-8H,10-11H2,1H3,(H,19,21). The topological polar surface area (TPSA) is 105 Å². The van der Waals surface area contributed by atoms with Gasteiger partial charge in [0.25, 0.3) is 0 Å². The lowest BCUT2D eigenvalue weighted by Crippen LogP contribution is -2.14. The maximum absolute atomic E-state index is 12.0. The number of nitriles is 1. The zero-order chi connectivity index (χ0) is 18.2. The van der Waals surface area contributed by atoms with Gasteiger partial charge in [-0.05, 0) is 29.8 Å². The molecule has 0 saturated carbocycles. The molecule has 2 aromatic carbocycles. The highest BCUT2D eigenvalue weighted by molar-refractivity contribution is 7.99. The van der Waals surface area contributed by atoms with Crippen molar-refractivity contribution in [3.63, 3.8) is 0 Å². The van der Waals surface area contributed by atoms with E-state index in [1.807, 2.05) is 18.2 Å². The number of hydrogen-bond donors (Lipinski definition) is 1. The maximum atomic E-state index is 12.0. The first-order valence-electron chi connectivity index (χ1n) is 7.22. The second-order valence-electron chi connectivity index (χ2n) is 4.99. The number of nitrogens with zero attached hydrogens (tertiary/aromatic N) is 2. The summed E-state index contributed by atoms with van der Waals surface area (Å²) in [7, 11) is 1.35. The van der Waals surface area contributed by atoms with Crippen LogP contribution in [0.2, 0.25) is 0 Å². The van der Waals surface area contributed by atoms with E-state index in [9.17, 15) is 14.9 Å². The van der Waals surface area contributed by atoms with E-state index in [2.05, 4.69) is 5.32 Å². The zero-order valence-corrected chi connectivity index (χ0v) is 14.2. The van der Waals surface area contributed by atoms with Gasteiger partial charge >= 0.3 is 5.69 Å². The van der Waals surface area contributed by atoms with E-state index in [1.165, 1.54) is 31.0 Å². The summed E-state index contributed by atoms with van der Waals surface area (Å²) in [4.78, 5) is 22.4. The van der Waals surface area contributed by atoms with Crippen molar-refractivity contribution in [1.82, 2.24) is 0 Å². The van der Waals surface area contributed by atoms with E-state index in [0.717, 1.165) is 5.56 Å². The first kappa shape index (κ1) is 18.3. The summed E-state index contributed by atoms with van der Waals surface area (Å²) in [6, 6.07) is 13.5. The lowest BCUT2D eigenvalue weighted by atomic mass is 10.2. The number of rotatable bonds is 7. The van der Waals surface area contributed by atoms with E-state index in [0.29, 0.717) is 17.0 Å². The van der Waals surface area contributed by atoms with Gasteiger partial charge in [0.05, 0.1) is 29.4 Å². The molecule has 1 N–H and O–H groups in total. The lowest BCUT2D eigenvalue weighted by Gasteiger charge is -2.07. The largest absolute Gasteiger partial charge is 0.490 e. The third-order valence-electron chi connectivity index (χ3n) is 3.24. The van der Waals surface area contributed by atoms with Crippen LogP contribution in [0.1, 0.15) is 11.1 Å². The molecule has 0 atom stereocenters. The minimum absolute atomic E-state index is 0.137. The molecule has 0 radical (unpaired) electrons. The highest BCUT2D eigenvalue weighted by Crippen LogP contribution is 2.29. The van der Waals surface area contributed by atoms with Crippen molar-refractivity contribution in [2.24, 2.45) is 0 Å². The summed E-state index contributed by atoms with van der Waals surface area (Å²) in [6.45, 7) is 0. The molecule has 0 bridgehead atoms. The molecule has 0 fully saturated rings. The number of methoxy groups -OCH3 is 1. The number of hydrogen-bond acceptors (Lipinski definition) is 6. The summed E-state index contributed by atoms with van der Waals surface area (Å²) >= 11 is 1.41. The summed E-state index contributed by atoms with van der Waals surface area (Å²) in [5, 5.41) is 22.4. The number of ether oxygens (including phenoxy) is 1. The molecule has 0 spiro atoms. The molecule has 128 valence electrons. The summed E-state index contributed by atoms with van der Waals surface area (Å²) < 4.78 is 4.92. The SMILES string of the molecule is COc1ccc(NC(=O)CSCc2ccc(C#N)cc2)cc1[N+](=O)[O-]. The number of amides is 1. The molecule has 0 aliphatic heterocycles. The molecule has 0 aromatic heterocycles. The van der Waals surface area contributed by atoms with Gasteiger partial charge in [-0.25, -0.2) is 0 Å². The molecule has 2 aromatic rings. The molecule has 1 amide bonds. The van der Waals surface area contributed by atoms with Crippen LogP contribution in [0.15, 0.2) is 42.5 Å². The number of anilines is 1. The van der Waals surface area contributed by atoms with Gasteiger partial charge in [-0.3, -0.25) is 14.9 Å². The summed E-state index contributed by atoms with van der Waals surface area (Å²) in [6.07, 6.45) is 0. The van der Waals surface area contributed by atoms with Gasteiger partial charge in [0.15, 0.2) is 5.75 Å². The van der Waals surface area contributed by atoms with Crippen molar-refractivity contribution in [3.05, 3.63) is 63.7 Å². The van der Waals surface area contributed by atoms with Crippen LogP contribution in [0, 0.1) is 21.4 Å². The van der Waals surface area contributed by atoms with Gasteiger partial charge in [-0.1, -0.05) is 12.1 Å². The second-order valence-corrected chi connectivity index (χ2v) is 5.98. The van der Waals surface area contributed by atoms with Crippen LogP contribution in [-0.4, -0.2) is 23.7 Å². The molecule has 0 aliphatic rings. The van der Waals surface area contributed by atoms with Gasteiger partial charge in [0.1, 0.15) is 0 Å². The average Bonchev–Trinajstić information content (AvgIpc) is 2.62. The van der Waals surface area contributed by atoms with Gasteiger partial charge in [0, 0.05) is 17.5 Å². The van der Waals surface area contributed by atoms with Crippen molar-refractivity contribution in [2.75, 3.05) is 18.2 Å². The Morgan fingerprint density at radius 3 is 2.64 bits per heavy atom. The number of nitrogens with one attached hydrogen (secondary N) is 1. The van der Waals surface area contributed by atoms with Gasteiger partial charge in [-0.2, -0.15) is 5.26 Å². The fourth-order valence-electron chi connectivity index (χ4n) is 2.04. The average molecular weight is 357 g/mol. The molecular formula is C17H15N3O4S. The molecule has 7 nitrogen and oxygen atoms in total. The van der Waals surface area contributed by atoms with Crippen LogP contribution in [-0.2, 0) is 10.5 Å². The van der Waals surface area contributed by atoms with Crippen LogP contribution >= 0.6 is 11.8 Å². The molecule has 25 heavy (non-hydrogen) atoms. The van der Waals surface area contributed by atoms with Crippen LogP contribution < -0.4 is 10.1 Å². The first-order chi connectivity index (χ1) is 12.0. The molecule has 0 heterocycles. The molecule has 0 aliphatic carbocycles. The number of carbonyl (C=O) groups is 1. The van der Waals surface area contributed by atoms with Crippen LogP contribution in [0.4, 0.5) is 11.4 Å². The molecule has 0 saturated heterocycles.